The van der Waals surface area contributed by atoms with Gasteiger partial charge in [-0.25, -0.2) is 0 Å². The molecule has 1 N–H and O–H groups in total. The summed E-state index contributed by atoms with van der Waals surface area (Å²) in [6, 6.07) is 0. The van der Waals surface area contributed by atoms with Crippen molar-refractivity contribution in [2.45, 2.75) is 162 Å². The van der Waals surface area contributed by atoms with E-state index in [9.17, 15) is 9.59 Å². The van der Waals surface area contributed by atoms with E-state index >= 15 is 0 Å². The van der Waals surface area contributed by atoms with E-state index in [1.54, 1.807) is 0 Å². The number of aliphatic hydroxyl groups excluding tert-OH is 1. The fraction of sp³-hybridized carbons (Fsp3) is 0.941. The van der Waals surface area contributed by atoms with Gasteiger partial charge in [0.2, 0.25) is 0 Å². The van der Waals surface area contributed by atoms with E-state index in [2.05, 4.69) is 18.7 Å². The first kappa shape index (κ1) is 38.9. The lowest BCUT2D eigenvalue weighted by Gasteiger charge is -2.22. The van der Waals surface area contributed by atoms with Crippen LogP contribution in [0.2, 0.25) is 0 Å². The third-order valence-corrected chi connectivity index (χ3v) is 7.95. The maximum absolute atomic E-state index is 12.8. The van der Waals surface area contributed by atoms with Crippen LogP contribution in [-0.4, -0.2) is 61.9 Å². The fourth-order valence-electron chi connectivity index (χ4n) is 5.33. The first-order valence-corrected chi connectivity index (χ1v) is 17.2. The molecule has 0 bridgehead atoms. The van der Waals surface area contributed by atoms with Crippen molar-refractivity contribution in [3.8, 4) is 0 Å². The second kappa shape index (κ2) is 32.4. The molecular formula is C34H67NO5. The molecule has 0 aliphatic rings. The molecule has 6 nitrogen and oxygen atoms in total. The lowest BCUT2D eigenvalue weighted by atomic mass is 9.94. The number of hydrogen-bond donors (Lipinski definition) is 1. The number of hydrogen-bond acceptors (Lipinski definition) is 6. The lowest BCUT2D eigenvalue weighted by Crippen LogP contribution is -2.27. The number of aliphatic hydroxyl groups is 1. The van der Waals surface area contributed by atoms with E-state index in [1.807, 2.05) is 0 Å². The van der Waals surface area contributed by atoms with Gasteiger partial charge in [0.1, 0.15) is 0 Å². The summed E-state index contributed by atoms with van der Waals surface area (Å²) in [5.74, 6) is 0.150. The molecule has 0 fully saturated rings. The Morgan fingerprint density at radius 1 is 0.625 bits per heavy atom. The van der Waals surface area contributed by atoms with E-state index in [0.717, 1.165) is 90.3 Å². The molecular weight excluding hydrogens is 502 g/mol. The molecule has 6 heteroatoms. The molecule has 0 spiro atoms. The second-order valence-corrected chi connectivity index (χ2v) is 11.7. The van der Waals surface area contributed by atoms with Gasteiger partial charge in [-0.15, -0.1) is 0 Å². The standard InChI is InChI=1S/C34H67NO5/c1-3-5-7-9-10-17-25-33(24-16-8-6-4-2)34(38)40-31-23-14-12-19-27-35(28-20-15-21-29-36)26-18-11-13-22-30-39-32-37/h32-33,36H,3-31H2,1-2H3. The van der Waals surface area contributed by atoms with Gasteiger partial charge in [-0.05, 0) is 77.4 Å². The summed E-state index contributed by atoms with van der Waals surface area (Å²) in [6.07, 6.45) is 26.4. The predicted octanol–water partition coefficient (Wildman–Crippen LogP) is 8.63. The highest BCUT2D eigenvalue weighted by Gasteiger charge is 2.19. The average molecular weight is 570 g/mol. The van der Waals surface area contributed by atoms with Crippen LogP contribution in [0.4, 0.5) is 0 Å². The molecule has 0 aromatic heterocycles. The first-order valence-electron chi connectivity index (χ1n) is 17.2. The second-order valence-electron chi connectivity index (χ2n) is 11.7. The summed E-state index contributed by atoms with van der Waals surface area (Å²) in [6.45, 7) is 9.73. The number of rotatable bonds is 33. The van der Waals surface area contributed by atoms with E-state index < -0.39 is 0 Å². The normalized spacial score (nSPS) is 12.1. The van der Waals surface area contributed by atoms with Crippen molar-refractivity contribution in [2.75, 3.05) is 39.5 Å². The van der Waals surface area contributed by atoms with Crippen molar-refractivity contribution < 1.29 is 24.2 Å². The van der Waals surface area contributed by atoms with Crippen LogP contribution in [0, 0.1) is 5.92 Å². The molecule has 0 radical (unpaired) electrons. The quantitative estimate of drug-likeness (QED) is 0.0484. The van der Waals surface area contributed by atoms with Crippen LogP contribution >= 0.6 is 0 Å². The Morgan fingerprint density at radius 3 is 1.62 bits per heavy atom. The molecule has 0 saturated heterocycles. The van der Waals surface area contributed by atoms with Gasteiger partial charge in [0.15, 0.2) is 0 Å². The molecule has 0 rings (SSSR count). The third kappa shape index (κ3) is 27.1. The summed E-state index contributed by atoms with van der Waals surface area (Å²) in [4.78, 5) is 25.6. The molecule has 1 atom stereocenters. The van der Waals surface area contributed by atoms with Crippen molar-refractivity contribution in [1.82, 2.24) is 4.90 Å². The highest BCUT2D eigenvalue weighted by molar-refractivity contribution is 5.72. The number of carbonyl (C=O) groups excluding carboxylic acids is 2. The maximum Gasteiger partial charge on any atom is 0.308 e. The van der Waals surface area contributed by atoms with Crippen LogP contribution < -0.4 is 0 Å². The Morgan fingerprint density at radius 2 is 1.07 bits per heavy atom. The van der Waals surface area contributed by atoms with Gasteiger partial charge in [-0.3, -0.25) is 9.59 Å². The minimum absolute atomic E-state index is 0.0526. The van der Waals surface area contributed by atoms with Crippen LogP contribution in [-0.2, 0) is 19.1 Å². The number of ether oxygens (including phenoxy) is 2. The third-order valence-electron chi connectivity index (χ3n) is 7.95. The zero-order valence-corrected chi connectivity index (χ0v) is 26.7. The fourth-order valence-corrected chi connectivity index (χ4v) is 5.33. The maximum atomic E-state index is 12.8. The largest absolute Gasteiger partial charge is 0.468 e. The molecule has 0 aliphatic carbocycles. The minimum atomic E-state index is 0.0526. The van der Waals surface area contributed by atoms with Gasteiger partial charge >= 0.3 is 5.97 Å². The van der Waals surface area contributed by atoms with Gasteiger partial charge < -0.3 is 19.5 Å². The Balaban J connectivity index is 4.18. The summed E-state index contributed by atoms with van der Waals surface area (Å²) in [7, 11) is 0. The molecule has 0 aromatic carbocycles. The minimum Gasteiger partial charge on any atom is -0.468 e. The number of esters is 1. The number of nitrogens with zero attached hydrogens (tertiary/aromatic N) is 1. The Hall–Kier alpha value is -1.14. The molecule has 40 heavy (non-hydrogen) atoms. The predicted molar refractivity (Wildman–Crippen MR) is 168 cm³/mol. The van der Waals surface area contributed by atoms with Gasteiger partial charge in [-0.1, -0.05) is 104 Å². The van der Waals surface area contributed by atoms with Gasteiger partial charge in [0.25, 0.3) is 6.47 Å². The smallest absolute Gasteiger partial charge is 0.308 e. The van der Waals surface area contributed by atoms with Gasteiger partial charge in [0, 0.05) is 6.61 Å². The SMILES string of the molecule is CCCCCCCCC(CCCCCC)C(=O)OCCCCCCN(CCCCCO)CCCCCCOC=O. The zero-order valence-electron chi connectivity index (χ0n) is 26.7. The summed E-state index contributed by atoms with van der Waals surface area (Å²) < 4.78 is 10.5. The Bertz CT molecular complexity index is 530. The molecule has 238 valence electrons. The van der Waals surface area contributed by atoms with E-state index in [4.69, 9.17) is 14.6 Å². The summed E-state index contributed by atoms with van der Waals surface area (Å²) >= 11 is 0. The van der Waals surface area contributed by atoms with Crippen molar-refractivity contribution in [3.63, 3.8) is 0 Å². The van der Waals surface area contributed by atoms with Crippen LogP contribution in [0.15, 0.2) is 0 Å². The van der Waals surface area contributed by atoms with Crippen LogP contribution in [0.1, 0.15) is 162 Å². The van der Waals surface area contributed by atoms with Crippen molar-refractivity contribution >= 4 is 12.4 Å². The zero-order chi connectivity index (χ0) is 29.4. The first-order chi connectivity index (χ1) is 19.7. The molecule has 0 aromatic rings. The van der Waals surface area contributed by atoms with E-state index in [-0.39, 0.29) is 18.5 Å². The van der Waals surface area contributed by atoms with E-state index in [1.165, 1.54) is 77.0 Å². The topological polar surface area (TPSA) is 76.1 Å². The number of unbranched alkanes of at least 4 members (excludes halogenated alkanes) is 16. The summed E-state index contributed by atoms with van der Waals surface area (Å²) in [5, 5.41) is 9.06. The van der Waals surface area contributed by atoms with Gasteiger partial charge in [0.05, 0.1) is 19.1 Å². The lowest BCUT2D eigenvalue weighted by molar-refractivity contribution is -0.149. The molecule has 0 amide bonds. The summed E-state index contributed by atoms with van der Waals surface area (Å²) in [5.41, 5.74) is 0. The van der Waals surface area contributed by atoms with Crippen LogP contribution in [0.3, 0.4) is 0 Å². The monoisotopic (exact) mass is 570 g/mol. The van der Waals surface area contributed by atoms with Crippen LogP contribution in [0.25, 0.3) is 0 Å². The molecule has 0 heterocycles. The van der Waals surface area contributed by atoms with Crippen molar-refractivity contribution in [3.05, 3.63) is 0 Å². The highest BCUT2D eigenvalue weighted by Crippen LogP contribution is 2.21. The molecule has 0 aliphatic heterocycles. The Kier molecular flexibility index (Phi) is 31.5. The van der Waals surface area contributed by atoms with Crippen molar-refractivity contribution in [1.29, 1.82) is 0 Å². The average Bonchev–Trinajstić information content (AvgIpc) is 2.96. The van der Waals surface area contributed by atoms with Crippen molar-refractivity contribution in [2.24, 2.45) is 5.92 Å². The number of carbonyl (C=O) groups is 2. The van der Waals surface area contributed by atoms with E-state index in [0.29, 0.717) is 19.7 Å². The molecule has 0 saturated carbocycles. The highest BCUT2D eigenvalue weighted by atomic mass is 16.5. The molecule has 1 unspecified atom stereocenters. The van der Waals surface area contributed by atoms with Crippen LogP contribution in [0.5, 0.6) is 0 Å². The Labute approximate surface area is 248 Å². The van der Waals surface area contributed by atoms with Gasteiger partial charge in [-0.2, -0.15) is 0 Å².